The summed E-state index contributed by atoms with van der Waals surface area (Å²) in [5.74, 6) is 0.623. The summed E-state index contributed by atoms with van der Waals surface area (Å²) in [6.07, 6.45) is 0. The lowest BCUT2D eigenvalue weighted by molar-refractivity contribution is -0.0000123. The minimum atomic E-state index is -0.0882. The number of carbonyl (C=O) groups is 1. The first-order chi connectivity index (χ1) is 11.1. The second-order valence-corrected chi connectivity index (χ2v) is 6.58. The maximum atomic E-state index is 12.2. The standard InChI is InChI=1S/C16H12Cl2N2O2S.BrH/c1-22-13-3-2-4-14-15(13)20-16(23-14)19-8-12(21)9-5-6-10(17)11(18)7-9;/h2-7H,8H2,1H3,(H,19,20);1H/p-1. The van der Waals surface area contributed by atoms with Crippen LogP contribution in [0.3, 0.4) is 0 Å². The summed E-state index contributed by atoms with van der Waals surface area (Å²) in [6, 6.07) is 10.5. The summed E-state index contributed by atoms with van der Waals surface area (Å²) in [5, 5.41) is 4.50. The number of hydrogen-bond donors (Lipinski definition) is 1. The number of ether oxygens (including phenoxy) is 1. The van der Waals surface area contributed by atoms with E-state index >= 15 is 0 Å². The van der Waals surface area contributed by atoms with Crippen molar-refractivity contribution >= 4 is 55.7 Å². The Morgan fingerprint density at radius 3 is 2.75 bits per heavy atom. The van der Waals surface area contributed by atoms with Crippen LogP contribution >= 0.6 is 34.5 Å². The first-order valence-corrected chi connectivity index (χ1v) is 8.31. The zero-order chi connectivity index (χ0) is 16.4. The van der Waals surface area contributed by atoms with Crippen molar-refractivity contribution in [2.45, 2.75) is 0 Å². The third-order valence-electron chi connectivity index (χ3n) is 3.24. The van der Waals surface area contributed by atoms with Crippen molar-refractivity contribution in [2.24, 2.45) is 0 Å². The molecule has 0 aliphatic rings. The van der Waals surface area contributed by atoms with E-state index in [0.29, 0.717) is 26.5 Å². The van der Waals surface area contributed by atoms with E-state index in [-0.39, 0.29) is 29.3 Å². The Balaban J connectivity index is 0.00000208. The SMILES string of the molecule is COc1cccc2sc(NCC(=O)c3ccc(Cl)c(Cl)c3)nc12.[Br-]. The fourth-order valence-corrected chi connectivity index (χ4v) is 3.27. The average molecular weight is 447 g/mol. The Hall–Kier alpha value is -1.34. The van der Waals surface area contributed by atoms with E-state index in [1.807, 2.05) is 18.2 Å². The van der Waals surface area contributed by atoms with E-state index in [1.165, 1.54) is 11.3 Å². The lowest BCUT2D eigenvalue weighted by Gasteiger charge is -2.03. The van der Waals surface area contributed by atoms with E-state index in [9.17, 15) is 4.79 Å². The summed E-state index contributed by atoms with van der Waals surface area (Å²) in [7, 11) is 1.61. The van der Waals surface area contributed by atoms with E-state index in [0.717, 1.165) is 10.2 Å². The highest BCUT2D eigenvalue weighted by Crippen LogP contribution is 2.32. The number of nitrogens with zero attached hydrogens (tertiary/aromatic N) is 1. The fraction of sp³-hybridized carbons (Fsp3) is 0.125. The van der Waals surface area contributed by atoms with E-state index in [1.54, 1.807) is 25.3 Å². The maximum Gasteiger partial charge on any atom is 0.184 e. The number of hydrogen-bond acceptors (Lipinski definition) is 5. The Morgan fingerprint density at radius 1 is 1.25 bits per heavy atom. The Morgan fingerprint density at radius 2 is 2.04 bits per heavy atom. The molecular weight excluding hydrogens is 435 g/mol. The number of thiazole rings is 1. The van der Waals surface area contributed by atoms with Crippen molar-refractivity contribution < 1.29 is 26.5 Å². The van der Waals surface area contributed by atoms with Crippen molar-refractivity contribution in [2.75, 3.05) is 19.0 Å². The Kier molecular flexibility index (Phi) is 6.46. The van der Waals surface area contributed by atoms with Crippen LogP contribution in [0.25, 0.3) is 10.2 Å². The van der Waals surface area contributed by atoms with Gasteiger partial charge in [0.25, 0.3) is 0 Å². The number of ketones is 1. The third-order valence-corrected chi connectivity index (χ3v) is 4.96. The fourth-order valence-electron chi connectivity index (χ4n) is 2.09. The smallest absolute Gasteiger partial charge is 0.184 e. The molecule has 8 heteroatoms. The van der Waals surface area contributed by atoms with Gasteiger partial charge >= 0.3 is 0 Å². The normalized spacial score (nSPS) is 10.3. The molecule has 4 nitrogen and oxygen atoms in total. The molecule has 1 heterocycles. The summed E-state index contributed by atoms with van der Waals surface area (Å²) in [5.41, 5.74) is 1.29. The minimum Gasteiger partial charge on any atom is -1.00 e. The van der Waals surface area contributed by atoms with Gasteiger partial charge in [0.2, 0.25) is 0 Å². The van der Waals surface area contributed by atoms with Crippen LogP contribution in [0.1, 0.15) is 10.4 Å². The van der Waals surface area contributed by atoms with Gasteiger partial charge in [-0.1, -0.05) is 40.6 Å². The van der Waals surface area contributed by atoms with Gasteiger partial charge in [-0.3, -0.25) is 4.79 Å². The number of methoxy groups -OCH3 is 1. The van der Waals surface area contributed by atoms with Gasteiger partial charge in [-0.25, -0.2) is 4.98 Å². The lowest BCUT2D eigenvalue weighted by Crippen LogP contribution is -3.00. The number of para-hydroxylation sites is 1. The molecule has 24 heavy (non-hydrogen) atoms. The molecule has 0 aliphatic carbocycles. The van der Waals surface area contributed by atoms with Crippen LogP contribution in [0.15, 0.2) is 36.4 Å². The van der Waals surface area contributed by atoms with Gasteiger partial charge in [0.15, 0.2) is 10.9 Å². The molecule has 0 saturated heterocycles. The zero-order valence-electron chi connectivity index (χ0n) is 12.5. The van der Waals surface area contributed by atoms with E-state index in [2.05, 4.69) is 10.3 Å². The summed E-state index contributed by atoms with van der Waals surface area (Å²) in [4.78, 5) is 16.7. The molecule has 3 rings (SSSR count). The van der Waals surface area contributed by atoms with Crippen LogP contribution in [0.4, 0.5) is 5.13 Å². The molecule has 0 aliphatic heterocycles. The predicted octanol–water partition coefficient (Wildman–Crippen LogP) is 1.91. The summed E-state index contributed by atoms with van der Waals surface area (Å²) in [6.45, 7) is 0.125. The number of halogens is 3. The number of nitrogens with one attached hydrogen (secondary N) is 1. The number of carbonyl (C=O) groups excluding carboxylic acids is 1. The van der Waals surface area contributed by atoms with E-state index < -0.39 is 0 Å². The monoisotopic (exact) mass is 445 g/mol. The molecule has 3 aromatic rings. The molecule has 0 saturated carbocycles. The van der Waals surface area contributed by atoms with Gasteiger partial charge in [-0.2, -0.15) is 0 Å². The lowest BCUT2D eigenvalue weighted by atomic mass is 10.1. The summed E-state index contributed by atoms with van der Waals surface area (Å²) < 4.78 is 6.28. The first-order valence-electron chi connectivity index (χ1n) is 6.74. The van der Waals surface area contributed by atoms with Gasteiger partial charge in [0.1, 0.15) is 11.3 Å². The average Bonchev–Trinajstić information content (AvgIpc) is 2.98. The van der Waals surface area contributed by atoms with Crippen molar-refractivity contribution in [3.8, 4) is 5.75 Å². The van der Waals surface area contributed by atoms with Crippen molar-refractivity contribution in [1.82, 2.24) is 4.98 Å². The number of Topliss-reactive ketones (excluding diaryl/α,β-unsaturated/α-hetero) is 1. The topological polar surface area (TPSA) is 51.2 Å². The van der Waals surface area contributed by atoms with Crippen LogP contribution in [0.5, 0.6) is 5.75 Å². The van der Waals surface area contributed by atoms with Crippen molar-refractivity contribution in [1.29, 1.82) is 0 Å². The molecular formula is C16H12BrCl2N2O2S-. The largest absolute Gasteiger partial charge is 1.00 e. The molecule has 1 N–H and O–H groups in total. The van der Waals surface area contributed by atoms with Gasteiger partial charge < -0.3 is 27.0 Å². The molecule has 0 atom stereocenters. The third kappa shape index (κ3) is 4.00. The molecule has 0 amide bonds. The quantitative estimate of drug-likeness (QED) is 0.608. The summed E-state index contributed by atoms with van der Waals surface area (Å²) >= 11 is 13.3. The van der Waals surface area contributed by atoms with Crippen LogP contribution in [-0.2, 0) is 0 Å². The molecule has 126 valence electrons. The zero-order valence-corrected chi connectivity index (χ0v) is 16.4. The molecule has 0 bridgehead atoms. The highest BCUT2D eigenvalue weighted by molar-refractivity contribution is 7.22. The molecule has 0 unspecified atom stereocenters. The predicted molar refractivity (Wildman–Crippen MR) is 95.5 cm³/mol. The first kappa shape index (κ1) is 19.0. The highest BCUT2D eigenvalue weighted by atomic mass is 79.9. The molecule has 0 spiro atoms. The number of anilines is 1. The second kappa shape index (κ2) is 8.16. The molecule has 0 radical (unpaired) electrons. The molecule has 2 aromatic carbocycles. The van der Waals surface area contributed by atoms with Crippen molar-refractivity contribution in [3.05, 3.63) is 52.0 Å². The van der Waals surface area contributed by atoms with Gasteiger partial charge in [-0.15, -0.1) is 0 Å². The number of rotatable bonds is 5. The van der Waals surface area contributed by atoms with Gasteiger partial charge in [-0.05, 0) is 30.3 Å². The molecule has 1 aromatic heterocycles. The van der Waals surface area contributed by atoms with Crippen LogP contribution < -0.4 is 27.0 Å². The Bertz CT molecular complexity index is 886. The van der Waals surface area contributed by atoms with Gasteiger partial charge in [0, 0.05) is 5.56 Å². The van der Waals surface area contributed by atoms with Crippen LogP contribution in [-0.4, -0.2) is 24.4 Å². The number of fused-ring (bicyclic) bond motifs is 1. The maximum absolute atomic E-state index is 12.2. The Labute approximate surface area is 163 Å². The minimum absolute atomic E-state index is 0. The number of aromatic nitrogens is 1. The van der Waals surface area contributed by atoms with E-state index in [4.69, 9.17) is 27.9 Å². The van der Waals surface area contributed by atoms with Crippen LogP contribution in [0.2, 0.25) is 10.0 Å². The van der Waals surface area contributed by atoms with Gasteiger partial charge in [0.05, 0.1) is 28.4 Å². The number of benzene rings is 2. The second-order valence-electron chi connectivity index (χ2n) is 4.73. The van der Waals surface area contributed by atoms with Crippen molar-refractivity contribution in [3.63, 3.8) is 0 Å². The molecule has 0 fully saturated rings. The highest BCUT2D eigenvalue weighted by Gasteiger charge is 2.11. The van der Waals surface area contributed by atoms with Crippen LogP contribution in [0, 0.1) is 0 Å².